The van der Waals surface area contributed by atoms with Crippen LogP contribution in [0.25, 0.3) is 0 Å². The maximum absolute atomic E-state index is 12.8. The highest BCUT2D eigenvalue weighted by Crippen LogP contribution is 2.30. The molecule has 1 heterocycles. The quantitative estimate of drug-likeness (QED) is 0.779. The van der Waals surface area contributed by atoms with E-state index < -0.39 is 29.8 Å². The molecule has 0 saturated carbocycles. The molecular weight excluding hydrogens is 309 g/mol. The van der Waals surface area contributed by atoms with Crippen molar-refractivity contribution in [1.82, 2.24) is 10.6 Å². The predicted octanol–water partition coefficient (Wildman–Crippen LogP) is 2.90. The average Bonchev–Trinajstić information content (AvgIpc) is 2.87. The maximum atomic E-state index is 12.8. The Morgan fingerprint density at radius 2 is 2.05 bits per heavy atom. The molecule has 2 atom stereocenters. The van der Waals surface area contributed by atoms with E-state index in [1.165, 1.54) is 16.7 Å². The molecule has 2 unspecified atom stereocenters. The standard InChI is InChI=1S/C12H15F3N2O3S/c1-3-7(8-5-4-6-21-8)16-10(20)17-11(2,9(18)19)12(13,14)15/h4-7H,3H2,1-2H3,(H,18,19)(H2,16,17,20). The summed E-state index contributed by atoms with van der Waals surface area (Å²) in [5.41, 5.74) is -3.34. The number of urea groups is 1. The molecule has 3 N–H and O–H groups in total. The fourth-order valence-corrected chi connectivity index (χ4v) is 2.39. The highest BCUT2D eigenvalue weighted by molar-refractivity contribution is 7.10. The molecule has 0 bridgehead atoms. The van der Waals surface area contributed by atoms with Crippen LogP contribution in [0, 0.1) is 0 Å². The van der Waals surface area contributed by atoms with Crippen LogP contribution in [0.5, 0.6) is 0 Å². The Bertz CT molecular complexity index is 504. The summed E-state index contributed by atoms with van der Waals surface area (Å²) in [7, 11) is 0. The third-order valence-electron chi connectivity index (χ3n) is 2.96. The second-order valence-electron chi connectivity index (χ2n) is 4.50. The number of carboxylic acids is 1. The smallest absolute Gasteiger partial charge is 0.422 e. The number of alkyl halides is 3. The van der Waals surface area contributed by atoms with E-state index in [1.807, 2.05) is 0 Å². The van der Waals surface area contributed by atoms with Crippen LogP contribution in [-0.2, 0) is 4.79 Å². The third-order valence-corrected chi connectivity index (χ3v) is 3.94. The lowest BCUT2D eigenvalue weighted by molar-refractivity contribution is -0.203. The van der Waals surface area contributed by atoms with E-state index in [1.54, 1.807) is 24.4 Å². The van der Waals surface area contributed by atoms with Crippen LogP contribution in [-0.4, -0.2) is 28.8 Å². The number of carboxylic acid groups (broad SMARTS) is 1. The Morgan fingerprint density at radius 1 is 1.43 bits per heavy atom. The molecule has 0 aliphatic heterocycles. The second-order valence-corrected chi connectivity index (χ2v) is 5.48. The van der Waals surface area contributed by atoms with Crippen molar-refractivity contribution in [2.45, 2.75) is 38.0 Å². The molecule has 21 heavy (non-hydrogen) atoms. The molecule has 0 aromatic carbocycles. The van der Waals surface area contributed by atoms with E-state index in [4.69, 9.17) is 5.11 Å². The van der Waals surface area contributed by atoms with Crippen LogP contribution < -0.4 is 10.6 Å². The summed E-state index contributed by atoms with van der Waals surface area (Å²) < 4.78 is 38.4. The Hall–Kier alpha value is -1.77. The zero-order chi connectivity index (χ0) is 16.3. The minimum absolute atomic E-state index is 0.404. The first-order valence-electron chi connectivity index (χ1n) is 6.04. The number of nitrogens with one attached hydrogen (secondary N) is 2. The minimum Gasteiger partial charge on any atom is -0.479 e. The summed E-state index contributed by atoms with van der Waals surface area (Å²) >= 11 is 1.35. The summed E-state index contributed by atoms with van der Waals surface area (Å²) in [5.74, 6) is -2.17. The van der Waals surface area contributed by atoms with Gasteiger partial charge in [-0.25, -0.2) is 9.59 Å². The molecule has 0 saturated heterocycles. The van der Waals surface area contributed by atoms with Gasteiger partial charge in [0.1, 0.15) is 0 Å². The van der Waals surface area contributed by atoms with Gasteiger partial charge < -0.3 is 15.7 Å². The van der Waals surface area contributed by atoms with E-state index in [0.717, 1.165) is 4.88 Å². The van der Waals surface area contributed by atoms with E-state index in [9.17, 15) is 22.8 Å². The van der Waals surface area contributed by atoms with Crippen molar-refractivity contribution in [1.29, 1.82) is 0 Å². The third kappa shape index (κ3) is 3.87. The van der Waals surface area contributed by atoms with Gasteiger partial charge in [-0.2, -0.15) is 13.2 Å². The van der Waals surface area contributed by atoms with E-state index >= 15 is 0 Å². The molecule has 1 aromatic rings. The van der Waals surface area contributed by atoms with Gasteiger partial charge in [-0.05, 0) is 24.8 Å². The van der Waals surface area contributed by atoms with Crippen molar-refractivity contribution in [3.8, 4) is 0 Å². The van der Waals surface area contributed by atoms with Crippen molar-refractivity contribution in [3.63, 3.8) is 0 Å². The number of carbonyl (C=O) groups is 2. The van der Waals surface area contributed by atoms with Crippen molar-refractivity contribution in [2.75, 3.05) is 0 Å². The Morgan fingerprint density at radius 3 is 2.43 bits per heavy atom. The number of aliphatic carboxylic acids is 1. The monoisotopic (exact) mass is 324 g/mol. The number of thiophene rings is 1. The highest BCUT2D eigenvalue weighted by Gasteiger charge is 2.58. The fourth-order valence-electron chi connectivity index (χ4n) is 1.53. The van der Waals surface area contributed by atoms with E-state index in [2.05, 4.69) is 5.32 Å². The lowest BCUT2D eigenvalue weighted by Crippen LogP contribution is -2.63. The van der Waals surface area contributed by atoms with Crippen LogP contribution in [0.15, 0.2) is 17.5 Å². The molecule has 0 aliphatic rings. The highest BCUT2D eigenvalue weighted by atomic mass is 32.1. The lowest BCUT2D eigenvalue weighted by Gasteiger charge is -2.29. The van der Waals surface area contributed by atoms with Gasteiger partial charge in [0.15, 0.2) is 0 Å². The number of hydrogen-bond donors (Lipinski definition) is 3. The largest absolute Gasteiger partial charge is 0.479 e. The summed E-state index contributed by atoms with van der Waals surface area (Å²) in [6, 6.07) is 1.83. The fraction of sp³-hybridized carbons (Fsp3) is 0.500. The van der Waals surface area contributed by atoms with Gasteiger partial charge in [0.2, 0.25) is 5.54 Å². The first-order valence-corrected chi connectivity index (χ1v) is 6.92. The Balaban J connectivity index is 2.82. The molecule has 2 amide bonds. The zero-order valence-corrected chi connectivity index (χ0v) is 12.1. The molecule has 0 aliphatic carbocycles. The normalized spacial score (nSPS) is 15.9. The number of amides is 2. The van der Waals surface area contributed by atoms with Gasteiger partial charge in [-0.1, -0.05) is 13.0 Å². The molecule has 1 rings (SSSR count). The van der Waals surface area contributed by atoms with Gasteiger partial charge >= 0.3 is 18.2 Å². The van der Waals surface area contributed by atoms with Gasteiger partial charge in [0.05, 0.1) is 6.04 Å². The summed E-state index contributed by atoms with van der Waals surface area (Å²) in [6.07, 6.45) is -4.65. The average molecular weight is 324 g/mol. The SMILES string of the molecule is CCC(NC(=O)NC(C)(C(=O)O)C(F)(F)F)c1cccs1. The summed E-state index contributed by atoms with van der Waals surface area (Å²) in [4.78, 5) is 23.3. The number of carbonyl (C=O) groups excluding carboxylic acids is 1. The van der Waals surface area contributed by atoms with Gasteiger partial charge in [-0.3, -0.25) is 0 Å². The molecule has 0 spiro atoms. The topological polar surface area (TPSA) is 78.4 Å². The van der Waals surface area contributed by atoms with Gasteiger partial charge in [-0.15, -0.1) is 11.3 Å². The molecule has 0 radical (unpaired) electrons. The van der Waals surface area contributed by atoms with Crippen LogP contribution >= 0.6 is 11.3 Å². The minimum atomic E-state index is -5.11. The molecule has 9 heteroatoms. The number of hydrogen-bond acceptors (Lipinski definition) is 3. The second kappa shape index (κ2) is 6.33. The Kier molecular flexibility index (Phi) is 5.21. The van der Waals surface area contributed by atoms with Crippen molar-refractivity contribution in [3.05, 3.63) is 22.4 Å². The van der Waals surface area contributed by atoms with Gasteiger partial charge in [0.25, 0.3) is 0 Å². The lowest BCUT2D eigenvalue weighted by atomic mass is 10.0. The molecule has 1 aromatic heterocycles. The van der Waals surface area contributed by atoms with Crippen molar-refractivity contribution in [2.24, 2.45) is 0 Å². The van der Waals surface area contributed by atoms with Crippen molar-refractivity contribution >= 4 is 23.3 Å². The molecule has 5 nitrogen and oxygen atoms in total. The first kappa shape index (κ1) is 17.3. The van der Waals surface area contributed by atoms with Crippen LogP contribution in [0.2, 0.25) is 0 Å². The predicted molar refractivity (Wildman–Crippen MR) is 71.1 cm³/mol. The first-order chi connectivity index (χ1) is 9.61. The molecular formula is C12H15F3N2O3S. The van der Waals surface area contributed by atoms with E-state index in [-0.39, 0.29) is 0 Å². The molecule has 118 valence electrons. The maximum Gasteiger partial charge on any atom is 0.422 e. The van der Waals surface area contributed by atoms with E-state index in [0.29, 0.717) is 13.3 Å². The number of rotatable bonds is 5. The van der Waals surface area contributed by atoms with Crippen molar-refractivity contribution < 1.29 is 27.9 Å². The summed E-state index contributed by atoms with van der Waals surface area (Å²) in [6.45, 7) is 2.16. The Labute approximate surface area is 123 Å². The van der Waals surface area contributed by atoms with Crippen LogP contribution in [0.3, 0.4) is 0 Å². The van der Waals surface area contributed by atoms with Gasteiger partial charge in [0, 0.05) is 4.88 Å². The van der Waals surface area contributed by atoms with Crippen LogP contribution in [0.4, 0.5) is 18.0 Å². The zero-order valence-electron chi connectivity index (χ0n) is 11.3. The van der Waals surface area contributed by atoms with Crippen LogP contribution in [0.1, 0.15) is 31.2 Å². The molecule has 0 fully saturated rings. The summed E-state index contributed by atoms with van der Waals surface area (Å²) in [5, 5.41) is 14.3. The number of halogens is 3.